The number of piperazine rings is 1. The summed E-state index contributed by atoms with van der Waals surface area (Å²) in [4.78, 5) is 47.0. The molecule has 1 aromatic carbocycles. The number of ether oxygens (including phenoxy) is 2. The molecule has 202 valence electrons. The Bertz CT molecular complexity index is 1090. The number of benzene rings is 1. The molecule has 3 fully saturated rings. The van der Waals surface area contributed by atoms with Crippen LogP contribution in [-0.2, 0) is 30.3 Å². The van der Waals surface area contributed by atoms with E-state index in [0.717, 1.165) is 12.2 Å². The first-order valence-corrected chi connectivity index (χ1v) is 11.8. The van der Waals surface area contributed by atoms with Crippen LogP contribution in [0, 0.1) is 5.92 Å². The largest absolute Gasteiger partial charge is 0.496 e. The van der Waals surface area contributed by atoms with E-state index in [0.29, 0.717) is 13.0 Å². The van der Waals surface area contributed by atoms with E-state index in [-0.39, 0.29) is 36.3 Å². The first-order chi connectivity index (χ1) is 17.4. The number of methoxy groups -OCH3 is 1. The Morgan fingerprint density at radius 1 is 1.08 bits per heavy atom. The highest BCUT2D eigenvalue weighted by atomic mass is 16.5. The van der Waals surface area contributed by atoms with Crippen molar-refractivity contribution in [2.75, 3.05) is 20.8 Å². The fraction of sp³-hybridized carbons (Fsp3) is 0.583. The zero-order valence-corrected chi connectivity index (χ0v) is 20.3. The van der Waals surface area contributed by atoms with Crippen molar-refractivity contribution < 1.29 is 54.2 Å². The average Bonchev–Trinajstić information content (AvgIpc) is 3.34. The Labute approximate surface area is 211 Å². The number of nitrogens with zero attached hydrogens (tertiary/aromatic N) is 2. The summed E-state index contributed by atoms with van der Waals surface area (Å²) in [6.45, 7) is 0.656. The molecular weight excluding hydrogens is 492 g/mol. The van der Waals surface area contributed by atoms with Crippen molar-refractivity contribution in [1.82, 2.24) is 9.80 Å². The number of carboxylic acids is 4. The second kappa shape index (κ2) is 9.89. The van der Waals surface area contributed by atoms with Crippen LogP contribution in [0.25, 0.3) is 0 Å². The number of carbonyl (C=O) groups is 4. The van der Waals surface area contributed by atoms with Crippen LogP contribution in [0.2, 0.25) is 0 Å². The highest BCUT2D eigenvalue weighted by Crippen LogP contribution is 2.52. The third-order valence-electron chi connectivity index (χ3n) is 7.83. The number of hydrogen-bond acceptors (Lipinski definition) is 9. The van der Waals surface area contributed by atoms with Gasteiger partial charge in [-0.05, 0) is 31.5 Å². The summed E-state index contributed by atoms with van der Waals surface area (Å²) in [7, 11) is 3.77. The van der Waals surface area contributed by atoms with Gasteiger partial charge in [-0.1, -0.05) is 12.1 Å². The Balaban J connectivity index is 0.000000212. The smallest absolute Gasteiger partial charge is 0.336 e. The second-order valence-electron chi connectivity index (χ2n) is 9.87. The van der Waals surface area contributed by atoms with Gasteiger partial charge in [0.1, 0.15) is 12.0 Å². The van der Waals surface area contributed by atoms with Gasteiger partial charge in [0, 0.05) is 17.6 Å². The van der Waals surface area contributed by atoms with Crippen LogP contribution in [0.5, 0.6) is 5.75 Å². The molecule has 6 atom stereocenters. The number of fused-ring (bicyclic) bond motifs is 6. The molecule has 1 aromatic rings. The lowest BCUT2D eigenvalue weighted by Gasteiger charge is -2.51. The normalized spacial score (nSPS) is 29.9. The highest BCUT2D eigenvalue weighted by Gasteiger charge is 2.62. The molecular formula is C24H30N2O11. The van der Waals surface area contributed by atoms with Crippen molar-refractivity contribution in [2.24, 2.45) is 5.92 Å². The van der Waals surface area contributed by atoms with E-state index in [1.807, 2.05) is 12.1 Å². The number of hydrogen-bond donors (Lipinski definition) is 5. The predicted octanol–water partition coefficient (Wildman–Crippen LogP) is -0.142. The fourth-order valence-electron chi connectivity index (χ4n) is 6.34. The van der Waals surface area contributed by atoms with Crippen LogP contribution in [0.4, 0.5) is 0 Å². The second-order valence-corrected chi connectivity index (χ2v) is 9.87. The van der Waals surface area contributed by atoms with E-state index >= 15 is 0 Å². The molecule has 0 aliphatic carbocycles. The van der Waals surface area contributed by atoms with Crippen molar-refractivity contribution in [1.29, 1.82) is 0 Å². The Morgan fingerprint density at radius 2 is 1.73 bits per heavy atom. The van der Waals surface area contributed by atoms with Gasteiger partial charge in [-0.2, -0.15) is 0 Å². The van der Waals surface area contributed by atoms with Gasteiger partial charge >= 0.3 is 23.9 Å². The summed E-state index contributed by atoms with van der Waals surface area (Å²) in [6, 6.07) is 6.76. The van der Waals surface area contributed by atoms with E-state index in [1.165, 1.54) is 11.1 Å². The molecule has 4 heterocycles. The van der Waals surface area contributed by atoms with Crippen molar-refractivity contribution in [3.63, 3.8) is 0 Å². The maximum absolute atomic E-state index is 11.8. The van der Waals surface area contributed by atoms with Crippen LogP contribution in [0.3, 0.4) is 0 Å². The molecule has 0 saturated carbocycles. The van der Waals surface area contributed by atoms with Gasteiger partial charge in [-0.3, -0.25) is 24.2 Å². The van der Waals surface area contributed by atoms with Crippen LogP contribution in [-0.4, -0.2) is 110 Å². The molecule has 4 aliphatic rings. The molecule has 4 aliphatic heterocycles. The molecule has 2 bridgehead atoms. The lowest BCUT2D eigenvalue weighted by atomic mass is 9.82. The monoisotopic (exact) mass is 522 g/mol. The summed E-state index contributed by atoms with van der Waals surface area (Å²) in [5.41, 5.74) is -0.236. The van der Waals surface area contributed by atoms with Crippen LogP contribution < -0.4 is 4.74 Å². The van der Waals surface area contributed by atoms with Crippen molar-refractivity contribution in [3.05, 3.63) is 29.3 Å². The minimum Gasteiger partial charge on any atom is -0.496 e. The Hall–Kier alpha value is -3.26. The highest BCUT2D eigenvalue weighted by molar-refractivity contribution is 5.88. The molecule has 0 radical (unpaired) electrons. The molecule has 13 heteroatoms. The maximum Gasteiger partial charge on any atom is 0.336 e. The van der Waals surface area contributed by atoms with Gasteiger partial charge < -0.3 is 35.0 Å². The van der Waals surface area contributed by atoms with Gasteiger partial charge in [0.2, 0.25) is 0 Å². The minimum atomic E-state index is -2.74. The number of likely N-dealkylation sites (N-methyl/N-ethyl adjacent to an activating group) is 1. The third kappa shape index (κ3) is 4.63. The van der Waals surface area contributed by atoms with E-state index in [4.69, 9.17) is 29.9 Å². The number of aliphatic carboxylic acids is 4. The predicted molar refractivity (Wildman–Crippen MR) is 123 cm³/mol. The molecule has 3 saturated heterocycles. The molecule has 0 aromatic heterocycles. The maximum atomic E-state index is 11.8. The van der Waals surface area contributed by atoms with Crippen molar-refractivity contribution >= 4 is 23.9 Å². The van der Waals surface area contributed by atoms with Crippen molar-refractivity contribution in [3.8, 4) is 5.75 Å². The van der Waals surface area contributed by atoms with Crippen LogP contribution in [0.1, 0.15) is 36.4 Å². The van der Waals surface area contributed by atoms with E-state index in [2.05, 4.69) is 22.9 Å². The standard InChI is InChI=1S/C18H22N2O4.C6H8O7/c1-19-12-7-10(18(21)22)16(19)11-6-9-4-3-5-14(23-2)15(9)13-8-24-17(12)20(11)13;7-3(8)1-6(13,5(11)12)2-4(9)10/h3-5,10-13,16-17H,6-8H2,1-2H3,(H,21,22);13H,1-2H2,(H,7,8)(H,9,10)(H,11,12). The zero-order chi connectivity index (χ0) is 27.2. The van der Waals surface area contributed by atoms with Gasteiger partial charge in [-0.15, -0.1) is 0 Å². The molecule has 13 nitrogen and oxygen atoms in total. The van der Waals surface area contributed by atoms with Gasteiger partial charge in [0.15, 0.2) is 5.60 Å². The first-order valence-electron chi connectivity index (χ1n) is 11.8. The van der Waals surface area contributed by atoms with E-state index < -0.39 is 42.3 Å². The lowest BCUT2D eigenvalue weighted by molar-refractivity contribution is -0.170. The summed E-state index contributed by atoms with van der Waals surface area (Å²) < 4.78 is 11.8. The first kappa shape index (κ1) is 26.8. The van der Waals surface area contributed by atoms with Crippen LogP contribution in [0.15, 0.2) is 18.2 Å². The molecule has 5 N–H and O–H groups in total. The summed E-state index contributed by atoms with van der Waals surface area (Å²) in [6.07, 6.45) is -0.768. The van der Waals surface area contributed by atoms with E-state index in [9.17, 15) is 24.3 Å². The summed E-state index contributed by atoms with van der Waals surface area (Å²) in [5.74, 6) is -5.09. The van der Waals surface area contributed by atoms with Crippen molar-refractivity contribution in [2.45, 2.75) is 61.7 Å². The summed E-state index contributed by atoms with van der Waals surface area (Å²) in [5, 5.41) is 43.5. The third-order valence-corrected chi connectivity index (χ3v) is 7.83. The molecule has 0 amide bonds. The SMILES string of the molecule is COc1cccc2c1C1COC3C4CC(C(=O)O)C(C(C2)N13)N4C.O=C(O)CC(O)(CC(=O)O)C(=O)O. The quantitative estimate of drug-likeness (QED) is 0.318. The van der Waals surface area contributed by atoms with Crippen LogP contribution >= 0.6 is 0 Å². The average molecular weight is 523 g/mol. The number of aliphatic hydroxyl groups is 1. The molecule has 37 heavy (non-hydrogen) atoms. The Kier molecular flexibility index (Phi) is 7.16. The molecule has 0 spiro atoms. The number of rotatable bonds is 7. The van der Waals surface area contributed by atoms with Gasteiger partial charge in [0.25, 0.3) is 0 Å². The van der Waals surface area contributed by atoms with Gasteiger partial charge in [-0.25, -0.2) is 4.79 Å². The topological polar surface area (TPSA) is 194 Å². The minimum absolute atomic E-state index is 0.0105. The zero-order valence-electron chi connectivity index (χ0n) is 20.3. The molecule has 5 rings (SSSR count). The Morgan fingerprint density at radius 3 is 2.27 bits per heavy atom. The summed E-state index contributed by atoms with van der Waals surface area (Å²) >= 11 is 0. The van der Waals surface area contributed by atoms with E-state index in [1.54, 1.807) is 7.11 Å². The number of carboxylic acid groups (broad SMARTS) is 4. The van der Waals surface area contributed by atoms with Gasteiger partial charge in [0.05, 0.1) is 44.6 Å². The fourth-order valence-corrected chi connectivity index (χ4v) is 6.34. The lowest BCUT2D eigenvalue weighted by Crippen LogP contribution is -2.64. The molecule has 6 unspecified atom stereocenters.